The number of hydrogen-bond donors (Lipinski definition) is 4. The van der Waals surface area contributed by atoms with Crippen LogP contribution in [-0.4, -0.2) is 90.9 Å². The fourth-order valence-corrected chi connectivity index (χ4v) is 4.26. The van der Waals surface area contributed by atoms with Gasteiger partial charge in [0.2, 0.25) is 5.60 Å². The molecule has 5 N–H and O–H groups in total. The Labute approximate surface area is 209 Å². The molecule has 37 heavy (non-hydrogen) atoms. The first-order valence-electron chi connectivity index (χ1n) is 11.2. The first-order chi connectivity index (χ1) is 17.8. The predicted molar refractivity (Wildman–Crippen MR) is 126 cm³/mol. The zero-order chi connectivity index (χ0) is 26.2. The van der Waals surface area contributed by atoms with Gasteiger partial charge in [-0.2, -0.15) is 15.1 Å². The Morgan fingerprint density at radius 2 is 2.03 bits per heavy atom. The number of nitrogens with two attached hydrogens (primary N) is 1. The average Bonchev–Trinajstić information content (AvgIpc) is 3.64. The Morgan fingerprint density at radius 3 is 2.70 bits per heavy atom. The van der Waals surface area contributed by atoms with Gasteiger partial charge in [0.05, 0.1) is 20.0 Å². The molecule has 194 valence electrons. The number of benzene rings is 1. The number of fused-ring (bicyclic) bond motifs is 1. The van der Waals surface area contributed by atoms with E-state index in [2.05, 4.69) is 30.2 Å². The van der Waals surface area contributed by atoms with Crippen molar-refractivity contribution in [1.29, 1.82) is 0 Å². The summed E-state index contributed by atoms with van der Waals surface area (Å²) in [5, 5.41) is 39.4. The SMILES string of the molecule is COc1nc(N)c2ncn([C@@H]3O[C@H](COC(Cc4ccccc4)(C(=O)O)C4=NCN=N4)[C@@H](O)[C@H]3O)c2n1. The molecule has 5 rings (SSSR count). The van der Waals surface area contributed by atoms with Crippen LogP contribution in [0.4, 0.5) is 5.82 Å². The van der Waals surface area contributed by atoms with Crippen LogP contribution in [0.15, 0.2) is 51.9 Å². The van der Waals surface area contributed by atoms with Crippen LogP contribution in [0.5, 0.6) is 6.01 Å². The highest BCUT2D eigenvalue weighted by Crippen LogP contribution is 2.34. The number of aliphatic hydroxyl groups is 2. The number of carboxylic acid groups (broad SMARTS) is 1. The molecule has 1 fully saturated rings. The number of ether oxygens (including phenoxy) is 3. The summed E-state index contributed by atoms with van der Waals surface area (Å²) in [6.45, 7) is -0.427. The van der Waals surface area contributed by atoms with Crippen molar-refractivity contribution in [3.05, 3.63) is 42.2 Å². The summed E-state index contributed by atoms with van der Waals surface area (Å²) in [5.41, 5.74) is 5.05. The molecule has 1 saturated heterocycles. The molecule has 0 radical (unpaired) electrons. The molecule has 5 atom stereocenters. The number of aliphatic imine (C=N–C) groups is 1. The van der Waals surface area contributed by atoms with E-state index in [4.69, 9.17) is 19.9 Å². The molecule has 1 aromatic carbocycles. The van der Waals surface area contributed by atoms with Gasteiger partial charge < -0.3 is 35.3 Å². The highest BCUT2D eigenvalue weighted by atomic mass is 16.6. The number of nitrogens with zero attached hydrogens (tertiary/aromatic N) is 7. The third-order valence-corrected chi connectivity index (χ3v) is 6.17. The lowest BCUT2D eigenvalue weighted by atomic mass is 9.92. The van der Waals surface area contributed by atoms with Gasteiger partial charge in [0.25, 0.3) is 0 Å². The van der Waals surface area contributed by atoms with Crippen molar-refractivity contribution in [1.82, 2.24) is 19.5 Å². The highest BCUT2D eigenvalue weighted by molar-refractivity contribution is 6.09. The number of aliphatic hydroxyl groups excluding tert-OH is 2. The van der Waals surface area contributed by atoms with Crippen LogP contribution in [0.3, 0.4) is 0 Å². The molecule has 3 aromatic rings. The van der Waals surface area contributed by atoms with Crippen molar-refractivity contribution in [3.63, 3.8) is 0 Å². The fourth-order valence-electron chi connectivity index (χ4n) is 4.26. The third kappa shape index (κ3) is 4.37. The second kappa shape index (κ2) is 9.78. The number of aliphatic carboxylic acids is 1. The molecule has 0 bridgehead atoms. The minimum absolute atomic E-state index is 0.0154. The van der Waals surface area contributed by atoms with E-state index in [0.717, 1.165) is 0 Å². The van der Waals surface area contributed by atoms with Gasteiger partial charge in [-0.1, -0.05) is 30.3 Å². The second-order valence-corrected chi connectivity index (χ2v) is 8.44. The summed E-state index contributed by atoms with van der Waals surface area (Å²) < 4.78 is 18.3. The lowest BCUT2D eigenvalue weighted by Crippen LogP contribution is -2.52. The van der Waals surface area contributed by atoms with E-state index in [1.165, 1.54) is 18.0 Å². The van der Waals surface area contributed by atoms with Crippen LogP contribution >= 0.6 is 0 Å². The fraction of sp³-hybridized carbons (Fsp3) is 0.409. The van der Waals surface area contributed by atoms with Gasteiger partial charge in [-0.15, -0.1) is 5.11 Å². The number of imidazole rings is 1. The van der Waals surface area contributed by atoms with E-state index in [9.17, 15) is 20.1 Å². The monoisotopic (exact) mass is 512 g/mol. The quantitative estimate of drug-likeness (QED) is 0.298. The minimum Gasteiger partial charge on any atom is -0.479 e. The van der Waals surface area contributed by atoms with Crippen molar-refractivity contribution < 1.29 is 34.3 Å². The van der Waals surface area contributed by atoms with Crippen LogP contribution in [-0.2, 0) is 20.7 Å². The number of hydrogen-bond acceptors (Lipinski definition) is 13. The molecule has 15 heteroatoms. The molecule has 15 nitrogen and oxygen atoms in total. The number of carboxylic acids is 1. The van der Waals surface area contributed by atoms with Crippen LogP contribution in [0.1, 0.15) is 11.8 Å². The zero-order valence-electron chi connectivity index (χ0n) is 19.6. The van der Waals surface area contributed by atoms with Crippen molar-refractivity contribution >= 4 is 28.8 Å². The summed E-state index contributed by atoms with van der Waals surface area (Å²) in [6, 6.07) is 8.83. The first-order valence-corrected chi connectivity index (χ1v) is 11.2. The molecule has 1 unspecified atom stereocenters. The number of anilines is 1. The summed E-state index contributed by atoms with van der Waals surface area (Å²) in [6.07, 6.45) is -3.87. The number of carbonyl (C=O) groups is 1. The van der Waals surface area contributed by atoms with Crippen molar-refractivity contribution in [2.45, 2.75) is 36.6 Å². The smallest absolute Gasteiger partial charge is 0.344 e. The van der Waals surface area contributed by atoms with Gasteiger partial charge in [-0.05, 0) is 5.56 Å². The van der Waals surface area contributed by atoms with E-state index >= 15 is 0 Å². The van der Waals surface area contributed by atoms with Crippen molar-refractivity contribution in [2.24, 2.45) is 15.2 Å². The van der Waals surface area contributed by atoms with Gasteiger partial charge in [0, 0.05) is 6.42 Å². The van der Waals surface area contributed by atoms with E-state index in [-0.39, 0.29) is 41.9 Å². The van der Waals surface area contributed by atoms with Crippen molar-refractivity contribution in [3.8, 4) is 6.01 Å². The third-order valence-electron chi connectivity index (χ3n) is 6.17. The molecule has 0 saturated carbocycles. The number of methoxy groups -OCH3 is 1. The Hall–Kier alpha value is -4.05. The molecular weight excluding hydrogens is 488 g/mol. The maximum atomic E-state index is 12.5. The van der Waals surface area contributed by atoms with Crippen molar-refractivity contribution in [2.75, 3.05) is 26.1 Å². The Bertz CT molecular complexity index is 1360. The average molecular weight is 512 g/mol. The van der Waals surface area contributed by atoms with E-state index in [1.807, 2.05) is 0 Å². The summed E-state index contributed by atoms with van der Waals surface area (Å²) in [5.74, 6) is -1.37. The summed E-state index contributed by atoms with van der Waals surface area (Å²) in [4.78, 5) is 29.0. The Morgan fingerprint density at radius 1 is 1.24 bits per heavy atom. The van der Waals surface area contributed by atoms with Crippen LogP contribution in [0.2, 0.25) is 0 Å². The number of rotatable bonds is 9. The minimum atomic E-state index is -2.00. The van der Waals surface area contributed by atoms with E-state index in [0.29, 0.717) is 5.56 Å². The molecule has 0 spiro atoms. The van der Waals surface area contributed by atoms with Gasteiger partial charge >= 0.3 is 12.0 Å². The number of azo groups is 1. The second-order valence-electron chi connectivity index (χ2n) is 8.44. The molecule has 4 heterocycles. The standard InChI is InChI=1S/C22H24N8O7/c1-35-21-27-16(23)13-17(28-21)30(10-25-13)18-15(32)14(31)12(37-18)8-36-22(20(33)34,19-24-9-26-29-19)7-11-5-3-2-4-6-11/h2-6,10,12,14-15,18,31-32H,7-9H2,1H3,(H,33,34)(H2,23,27,28)/t12-,14-,15-,18-,22?/m1/s1. The predicted octanol–water partition coefficient (Wildman–Crippen LogP) is -0.0592. The zero-order valence-corrected chi connectivity index (χ0v) is 19.6. The van der Waals surface area contributed by atoms with Crippen LogP contribution < -0.4 is 10.5 Å². The molecule has 2 aliphatic rings. The van der Waals surface area contributed by atoms with Gasteiger partial charge in [0.1, 0.15) is 18.3 Å². The largest absolute Gasteiger partial charge is 0.479 e. The highest BCUT2D eigenvalue weighted by Gasteiger charge is 2.50. The Balaban J connectivity index is 1.41. The van der Waals surface area contributed by atoms with Gasteiger partial charge in [-0.25, -0.2) is 14.8 Å². The summed E-state index contributed by atoms with van der Waals surface area (Å²) in [7, 11) is 1.37. The maximum absolute atomic E-state index is 12.5. The van der Waals surface area contributed by atoms with E-state index in [1.54, 1.807) is 30.3 Å². The number of aromatic nitrogens is 4. The topological polar surface area (TPSA) is 212 Å². The first kappa shape index (κ1) is 24.6. The lowest BCUT2D eigenvalue weighted by Gasteiger charge is -2.29. The van der Waals surface area contributed by atoms with Gasteiger partial charge in [0.15, 0.2) is 35.7 Å². The van der Waals surface area contributed by atoms with Gasteiger partial charge in [-0.3, -0.25) is 4.57 Å². The number of nitrogen functional groups attached to an aromatic ring is 1. The number of amidine groups is 1. The molecule has 2 aromatic heterocycles. The summed E-state index contributed by atoms with van der Waals surface area (Å²) >= 11 is 0. The normalized spacial score (nSPS) is 24.8. The van der Waals surface area contributed by atoms with E-state index < -0.39 is 42.7 Å². The maximum Gasteiger partial charge on any atom is 0.344 e. The van der Waals surface area contributed by atoms with Crippen LogP contribution in [0.25, 0.3) is 11.2 Å². The molecular formula is C22H24N8O7. The molecule has 2 aliphatic heterocycles. The Kier molecular flexibility index (Phi) is 6.51. The van der Waals surface area contributed by atoms with Crippen LogP contribution in [0, 0.1) is 0 Å². The molecule has 0 amide bonds. The molecule has 0 aliphatic carbocycles. The lowest BCUT2D eigenvalue weighted by molar-refractivity contribution is -0.162.